The van der Waals surface area contributed by atoms with E-state index in [0.717, 1.165) is 25.7 Å². The lowest BCUT2D eigenvalue weighted by molar-refractivity contribution is -0.147. The summed E-state index contributed by atoms with van der Waals surface area (Å²) in [5.74, 6) is -0.148. The van der Waals surface area contributed by atoms with Crippen LogP contribution in [0.3, 0.4) is 0 Å². The number of cyclic esters (lactones) is 1. The molecule has 1 heterocycles. The highest BCUT2D eigenvalue weighted by molar-refractivity contribution is 5.69. The van der Waals surface area contributed by atoms with Gasteiger partial charge in [-0.1, -0.05) is 12.8 Å². The fraction of sp³-hybridized carbons (Fsp3) is 0.867. The van der Waals surface area contributed by atoms with Crippen LogP contribution in [0.4, 0.5) is 4.79 Å². The number of rotatable bonds is 9. The third kappa shape index (κ3) is 6.80. The van der Waals surface area contributed by atoms with E-state index in [2.05, 4.69) is 0 Å². The molecule has 122 valence electrons. The Morgan fingerprint density at radius 3 is 2.76 bits per heavy atom. The Labute approximate surface area is 126 Å². The number of aliphatic hydroxyl groups excluding tert-OH is 1. The van der Waals surface area contributed by atoms with Gasteiger partial charge in [0, 0.05) is 19.4 Å². The molecule has 0 bridgehead atoms. The zero-order valence-electron chi connectivity index (χ0n) is 13.0. The fourth-order valence-corrected chi connectivity index (χ4v) is 2.36. The number of ether oxygens (including phenoxy) is 2. The van der Waals surface area contributed by atoms with Crippen molar-refractivity contribution in [3.8, 4) is 0 Å². The van der Waals surface area contributed by atoms with Crippen molar-refractivity contribution in [1.82, 2.24) is 4.90 Å². The lowest BCUT2D eigenvalue weighted by atomic mass is 10.1. The molecule has 0 spiro atoms. The van der Waals surface area contributed by atoms with Crippen LogP contribution in [0.2, 0.25) is 0 Å². The van der Waals surface area contributed by atoms with Gasteiger partial charge in [-0.15, -0.1) is 0 Å². The van der Waals surface area contributed by atoms with Crippen molar-refractivity contribution in [2.24, 2.45) is 0 Å². The van der Waals surface area contributed by atoms with Crippen LogP contribution < -0.4 is 0 Å². The van der Waals surface area contributed by atoms with Gasteiger partial charge < -0.3 is 19.5 Å². The molecule has 6 heteroatoms. The molecule has 1 aliphatic rings. The second-order valence-corrected chi connectivity index (χ2v) is 5.64. The molecule has 0 saturated carbocycles. The van der Waals surface area contributed by atoms with Gasteiger partial charge in [-0.2, -0.15) is 0 Å². The van der Waals surface area contributed by atoms with Gasteiger partial charge in [-0.3, -0.25) is 4.79 Å². The predicted octanol–water partition coefficient (Wildman–Crippen LogP) is 2.09. The van der Waals surface area contributed by atoms with E-state index in [1.807, 2.05) is 13.8 Å². The van der Waals surface area contributed by atoms with E-state index in [1.165, 1.54) is 0 Å². The number of amides is 1. The average molecular weight is 301 g/mol. The van der Waals surface area contributed by atoms with Crippen molar-refractivity contribution >= 4 is 12.1 Å². The second kappa shape index (κ2) is 9.60. The second-order valence-electron chi connectivity index (χ2n) is 5.64. The highest BCUT2D eigenvalue weighted by atomic mass is 16.6. The van der Waals surface area contributed by atoms with E-state index in [4.69, 9.17) is 9.47 Å². The van der Waals surface area contributed by atoms with Gasteiger partial charge in [0.05, 0.1) is 25.4 Å². The normalized spacial score (nSPS) is 18.8. The molecule has 1 unspecified atom stereocenters. The van der Waals surface area contributed by atoms with E-state index >= 15 is 0 Å². The van der Waals surface area contributed by atoms with Crippen LogP contribution in [0.25, 0.3) is 0 Å². The summed E-state index contributed by atoms with van der Waals surface area (Å²) in [5, 5.41) is 9.25. The molecular weight excluding hydrogens is 274 g/mol. The molecule has 6 nitrogen and oxygen atoms in total. The number of hydrogen-bond acceptors (Lipinski definition) is 5. The molecule has 1 atom stereocenters. The van der Waals surface area contributed by atoms with Gasteiger partial charge in [-0.05, 0) is 26.7 Å². The first-order chi connectivity index (χ1) is 10.0. The quantitative estimate of drug-likeness (QED) is 0.521. The number of carbonyl (C=O) groups is 2. The van der Waals surface area contributed by atoms with E-state index < -0.39 is 0 Å². The first-order valence-electron chi connectivity index (χ1n) is 7.78. The Hall–Kier alpha value is -1.30. The molecule has 1 saturated heterocycles. The summed E-state index contributed by atoms with van der Waals surface area (Å²) in [7, 11) is 0. The van der Waals surface area contributed by atoms with Crippen LogP contribution in [0.15, 0.2) is 0 Å². The van der Waals surface area contributed by atoms with Crippen LogP contribution in [0.1, 0.15) is 52.4 Å². The molecule has 1 aliphatic heterocycles. The minimum absolute atomic E-state index is 0.0177. The van der Waals surface area contributed by atoms with Crippen LogP contribution in [-0.4, -0.2) is 54.0 Å². The van der Waals surface area contributed by atoms with Crippen molar-refractivity contribution in [2.75, 3.05) is 19.8 Å². The Bertz CT molecular complexity index is 332. The zero-order chi connectivity index (χ0) is 15.7. The molecule has 0 aromatic carbocycles. The molecule has 0 radical (unpaired) electrons. The van der Waals surface area contributed by atoms with Crippen LogP contribution in [0, 0.1) is 0 Å². The Morgan fingerprint density at radius 1 is 1.38 bits per heavy atom. The number of esters is 1. The largest absolute Gasteiger partial charge is 0.463 e. The van der Waals surface area contributed by atoms with Gasteiger partial charge >= 0.3 is 12.1 Å². The summed E-state index contributed by atoms with van der Waals surface area (Å²) < 4.78 is 10.0. The van der Waals surface area contributed by atoms with Gasteiger partial charge in [0.25, 0.3) is 0 Å². The van der Waals surface area contributed by atoms with Gasteiger partial charge in [0.2, 0.25) is 0 Å². The standard InChI is InChI=1S/C15H27NO5/c1-12(2)21-14(18)7-5-3-4-6-9-16-13(11-17)8-10-20-15(16)19/h12-13,17H,3-11H2,1-2H3. The zero-order valence-corrected chi connectivity index (χ0v) is 13.0. The number of aliphatic hydroxyl groups is 1. The molecule has 1 fully saturated rings. The number of hydrogen-bond donors (Lipinski definition) is 1. The van der Waals surface area contributed by atoms with Crippen molar-refractivity contribution in [2.45, 2.75) is 64.5 Å². The van der Waals surface area contributed by atoms with E-state index in [1.54, 1.807) is 4.90 Å². The number of unbranched alkanes of at least 4 members (excludes halogenated alkanes) is 3. The molecular formula is C15H27NO5. The summed E-state index contributed by atoms with van der Waals surface area (Å²) in [6.45, 7) is 4.65. The Kier molecular flexibility index (Phi) is 8.12. The summed E-state index contributed by atoms with van der Waals surface area (Å²) in [6.07, 6.45) is 4.27. The number of nitrogens with zero attached hydrogens (tertiary/aromatic N) is 1. The van der Waals surface area contributed by atoms with Crippen molar-refractivity contribution < 1.29 is 24.2 Å². The van der Waals surface area contributed by atoms with Crippen LogP contribution in [0.5, 0.6) is 0 Å². The minimum Gasteiger partial charge on any atom is -0.463 e. The molecule has 1 amide bonds. The van der Waals surface area contributed by atoms with Crippen molar-refractivity contribution in [1.29, 1.82) is 0 Å². The molecule has 0 aromatic rings. The van der Waals surface area contributed by atoms with E-state index in [-0.39, 0.29) is 30.8 Å². The monoisotopic (exact) mass is 301 g/mol. The maximum atomic E-state index is 11.6. The summed E-state index contributed by atoms with van der Waals surface area (Å²) in [6, 6.07) is -0.118. The highest BCUT2D eigenvalue weighted by Gasteiger charge is 2.28. The molecule has 0 aromatic heterocycles. The Morgan fingerprint density at radius 2 is 2.10 bits per heavy atom. The first kappa shape index (κ1) is 17.8. The van der Waals surface area contributed by atoms with Crippen LogP contribution >= 0.6 is 0 Å². The molecule has 1 N–H and O–H groups in total. The average Bonchev–Trinajstić information content (AvgIpc) is 2.43. The summed E-state index contributed by atoms with van der Waals surface area (Å²) in [4.78, 5) is 24.6. The maximum Gasteiger partial charge on any atom is 0.410 e. The van der Waals surface area contributed by atoms with Crippen LogP contribution in [-0.2, 0) is 14.3 Å². The van der Waals surface area contributed by atoms with Crippen molar-refractivity contribution in [3.63, 3.8) is 0 Å². The molecule has 1 rings (SSSR count). The highest BCUT2D eigenvalue weighted by Crippen LogP contribution is 2.15. The molecule has 0 aliphatic carbocycles. The number of carbonyl (C=O) groups excluding carboxylic acids is 2. The third-order valence-corrected chi connectivity index (χ3v) is 3.46. The maximum absolute atomic E-state index is 11.6. The smallest absolute Gasteiger partial charge is 0.410 e. The van der Waals surface area contributed by atoms with E-state index in [0.29, 0.717) is 26.0 Å². The third-order valence-electron chi connectivity index (χ3n) is 3.46. The molecule has 21 heavy (non-hydrogen) atoms. The van der Waals surface area contributed by atoms with Gasteiger partial charge in [-0.25, -0.2) is 4.79 Å². The van der Waals surface area contributed by atoms with Crippen molar-refractivity contribution in [3.05, 3.63) is 0 Å². The lowest BCUT2D eigenvalue weighted by Gasteiger charge is -2.33. The lowest BCUT2D eigenvalue weighted by Crippen LogP contribution is -2.47. The topological polar surface area (TPSA) is 76.1 Å². The SMILES string of the molecule is CC(C)OC(=O)CCCCCCN1C(=O)OCCC1CO. The van der Waals surface area contributed by atoms with Gasteiger partial charge in [0.1, 0.15) is 0 Å². The fourth-order valence-electron chi connectivity index (χ4n) is 2.36. The first-order valence-corrected chi connectivity index (χ1v) is 7.78. The summed E-state index contributed by atoms with van der Waals surface area (Å²) >= 11 is 0. The minimum atomic E-state index is -0.333. The summed E-state index contributed by atoms with van der Waals surface area (Å²) in [5.41, 5.74) is 0. The predicted molar refractivity (Wildman–Crippen MR) is 77.9 cm³/mol. The Balaban J connectivity index is 2.10. The van der Waals surface area contributed by atoms with E-state index in [9.17, 15) is 14.7 Å². The van der Waals surface area contributed by atoms with Gasteiger partial charge in [0.15, 0.2) is 0 Å².